The van der Waals surface area contributed by atoms with Gasteiger partial charge in [0.25, 0.3) is 0 Å². The number of nitrogens with one attached hydrogen (secondary N) is 1. The number of likely N-dealkylation sites (tertiary alicyclic amines) is 1. The molecule has 1 saturated heterocycles. The highest BCUT2D eigenvalue weighted by atomic mass is 35.5. The Labute approximate surface area is 112 Å². The van der Waals surface area contributed by atoms with Crippen LogP contribution in [-0.2, 0) is 0 Å². The lowest BCUT2D eigenvalue weighted by Gasteiger charge is -2.17. The molecule has 0 spiro atoms. The topological polar surface area (TPSA) is 39.1 Å². The summed E-state index contributed by atoms with van der Waals surface area (Å²) in [5.74, 6) is 0. The van der Waals surface area contributed by atoms with Crippen LogP contribution in [0.2, 0.25) is 5.02 Å². The van der Waals surface area contributed by atoms with Crippen LogP contribution in [0.3, 0.4) is 0 Å². The van der Waals surface area contributed by atoms with Gasteiger partial charge in [0, 0.05) is 30.2 Å². The van der Waals surface area contributed by atoms with Gasteiger partial charge >= 0.3 is 0 Å². The van der Waals surface area contributed by atoms with Gasteiger partial charge in [0.15, 0.2) is 0 Å². The Morgan fingerprint density at radius 1 is 1.33 bits per heavy atom. The second-order valence-corrected chi connectivity index (χ2v) is 5.59. The molecule has 1 aromatic carbocycles. The van der Waals surface area contributed by atoms with Crippen LogP contribution in [0.1, 0.15) is 24.8 Å². The average Bonchev–Trinajstić information content (AvgIpc) is 3.11. The summed E-state index contributed by atoms with van der Waals surface area (Å²) < 4.78 is 0. The van der Waals surface area contributed by atoms with E-state index < -0.39 is 0 Å². The summed E-state index contributed by atoms with van der Waals surface area (Å²) in [4.78, 5) is 2.55. The van der Waals surface area contributed by atoms with E-state index in [1.807, 2.05) is 6.07 Å². The molecule has 18 heavy (non-hydrogen) atoms. The average molecular weight is 262 g/mol. The first kappa shape index (κ1) is 11.8. The van der Waals surface area contributed by atoms with Gasteiger partial charge in [0.2, 0.25) is 0 Å². The minimum Gasteiger partial charge on any atom is -0.380 e. The summed E-state index contributed by atoms with van der Waals surface area (Å²) in [5, 5.41) is 13.2. The molecule has 3 rings (SSSR count). The van der Waals surface area contributed by atoms with E-state index in [0.29, 0.717) is 16.6 Å². The van der Waals surface area contributed by atoms with Crippen molar-refractivity contribution in [3.8, 4) is 6.07 Å². The number of rotatable bonds is 3. The Morgan fingerprint density at radius 2 is 2.17 bits per heavy atom. The predicted octanol–water partition coefficient (Wildman–Crippen LogP) is 2.86. The van der Waals surface area contributed by atoms with Crippen LogP contribution in [0, 0.1) is 11.3 Å². The molecule has 0 aromatic heterocycles. The van der Waals surface area contributed by atoms with Crippen molar-refractivity contribution in [3.63, 3.8) is 0 Å². The highest BCUT2D eigenvalue weighted by molar-refractivity contribution is 6.30. The first-order chi connectivity index (χ1) is 8.76. The molecule has 1 N–H and O–H groups in total. The fraction of sp³-hybridized carbons (Fsp3) is 0.500. The van der Waals surface area contributed by atoms with E-state index in [0.717, 1.165) is 24.7 Å². The molecule has 1 heterocycles. The maximum Gasteiger partial charge on any atom is 0.101 e. The zero-order valence-electron chi connectivity index (χ0n) is 10.2. The molecular formula is C14H16ClN3. The molecule has 94 valence electrons. The highest BCUT2D eigenvalue weighted by Crippen LogP contribution is 2.31. The van der Waals surface area contributed by atoms with Gasteiger partial charge in [-0.15, -0.1) is 0 Å². The van der Waals surface area contributed by atoms with Crippen LogP contribution < -0.4 is 5.32 Å². The zero-order valence-corrected chi connectivity index (χ0v) is 11.0. The first-order valence-electron chi connectivity index (χ1n) is 6.46. The van der Waals surface area contributed by atoms with Gasteiger partial charge in [-0.3, -0.25) is 4.90 Å². The van der Waals surface area contributed by atoms with Crippen LogP contribution in [0.5, 0.6) is 0 Å². The van der Waals surface area contributed by atoms with Gasteiger partial charge in [0.1, 0.15) is 6.07 Å². The molecule has 1 unspecified atom stereocenters. The summed E-state index contributed by atoms with van der Waals surface area (Å²) in [6.45, 7) is 2.26. The summed E-state index contributed by atoms with van der Waals surface area (Å²) in [7, 11) is 0. The molecular weight excluding hydrogens is 246 g/mol. The van der Waals surface area contributed by atoms with Gasteiger partial charge in [-0.1, -0.05) is 11.6 Å². The summed E-state index contributed by atoms with van der Waals surface area (Å²) >= 11 is 5.99. The number of hydrogen-bond donors (Lipinski definition) is 1. The maximum atomic E-state index is 9.09. The Balaban J connectivity index is 1.69. The van der Waals surface area contributed by atoms with Crippen molar-refractivity contribution in [2.75, 3.05) is 18.4 Å². The van der Waals surface area contributed by atoms with E-state index in [2.05, 4.69) is 16.3 Å². The van der Waals surface area contributed by atoms with Crippen LogP contribution in [0.25, 0.3) is 0 Å². The molecule has 0 bridgehead atoms. The second kappa shape index (κ2) is 4.79. The van der Waals surface area contributed by atoms with E-state index in [1.165, 1.54) is 19.4 Å². The normalized spacial score (nSPS) is 23.9. The molecule has 1 aromatic rings. The lowest BCUT2D eigenvalue weighted by Crippen LogP contribution is -2.27. The van der Waals surface area contributed by atoms with Gasteiger partial charge in [-0.05, 0) is 37.5 Å². The molecule has 1 aliphatic carbocycles. The number of nitrogens with zero attached hydrogens (tertiary/aromatic N) is 2. The molecule has 2 aliphatic rings. The monoisotopic (exact) mass is 261 g/mol. The standard InChI is InChI=1S/C14H16ClN3/c15-11-2-1-10(8-16)14(7-11)17-12-5-6-18(9-12)13-3-4-13/h1-2,7,12-13,17H,3-6,9H2. The fourth-order valence-corrected chi connectivity index (χ4v) is 2.80. The summed E-state index contributed by atoms with van der Waals surface area (Å²) in [5.41, 5.74) is 1.54. The number of hydrogen-bond acceptors (Lipinski definition) is 3. The quantitative estimate of drug-likeness (QED) is 0.909. The molecule has 1 aliphatic heterocycles. The third-order valence-electron chi connectivity index (χ3n) is 3.74. The SMILES string of the molecule is N#Cc1ccc(Cl)cc1NC1CCN(C2CC2)C1. The van der Waals surface area contributed by atoms with E-state index >= 15 is 0 Å². The van der Waals surface area contributed by atoms with E-state index in [4.69, 9.17) is 16.9 Å². The molecule has 1 saturated carbocycles. The minimum absolute atomic E-state index is 0.441. The van der Waals surface area contributed by atoms with Gasteiger partial charge in [-0.2, -0.15) is 5.26 Å². The molecule has 4 heteroatoms. The number of halogens is 1. The first-order valence-corrected chi connectivity index (χ1v) is 6.84. The Hall–Kier alpha value is -1.24. The van der Waals surface area contributed by atoms with Gasteiger partial charge in [0.05, 0.1) is 11.3 Å². The summed E-state index contributed by atoms with van der Waals surface area (Å²) in [6.07, 6.45) is 3.86. The number of nitriles is 1. The van der Waals surface area contributed by atoms with E-state index in [1.54, 1.807) is 12.1 Å². The number of anilines is 1. The van der Waals surface area contributed by atoms with Crippen molar-refractivity contribution < 1.29 is 0 Å². The molecule has 3 nitrogen and oxygen atoms in total. The van der Waals surface area contributed by atoms with E-state index in [-0.39, 0.29) is 0 Å². The van der Waals surface area contributed by atoms with Gasteiger partial charge < -0.3 is 5.32 Å². The molecule has 2 fully saturated rings. The van der Waals surface area contributed by atoms with Crippen LogP contribution >= 0.6 is 11.6 Å². The number of benzene rings is 1. The van der Waals surface area contributed by atoms with Crippen molar-refractivity contribution in [3.05, 3.63) is 28.8 Å². The van der Waals surface area contributed by atoms with E-state index in [9.17, 15) is 0 Å². The Morgan fingerprint density at radius 3 is 2.89 bits per heavy atom. The molecule has 0 radical (unpaired) electrons. The van der Waals surface area contributed by atoms with Crippen LogP contribution in [0.15, 0.2) is 18.2 Å². The maximum absolute atomic E-state index is 9.09. The Kier molecular flexibility index (Phi) is 3.15. The smallest absolute Gasteiger partial charge is 0.101 e. The summed E-state index contributed by atoms with van der Waals surface area (Å²) in [6, 6.07) is 8.86. The van der Waals surface area contributed by atoms with Crippen molar-refractivity contribution in [1.29, 1.82) is 5.26 Å². The van der Waals surface area contributed by atoms with Crippen LogP contribution in [0.4, 0.5) is 5.69 Å². The van der Waals surface area contributed by atoms with Crippen molar-refractivity contribution in [2.24, 2.45) is 0 Å². The fourth-order valence-electron chi connectivity index (χ4n) is 2.63. The molecule has 0 amide bonds. The van der Waals surface area contributed by atoms with Crippen molar-refractivity contribution in [2.45, 2.75) is 31.3 Å². The zero-order chi connectivity index (χ0) is 12.5. The second-order valence-electron chi connectivity index (χ2n) is 5.16. The molecule has 1 atom stereocenters. The third kappa shape index (κ3) is 2.45. The largest absolute Gasteiger partial charge is 0.380 e. The lowest BCUT2D eigenvalue weighted by atomic mass is 10.1. The predicted molar refractivity (Wildman–Crippen MR) is 72.8 cm³/mol. The van der Waals surface area contributed by atoms with Gasteiger partial charge in [-0.25, -0.2) is 0 Å². The van der Waals surface area contributed by atoms with Crippen molar-refractivity contribution >= 4 is 17.3 Å². The highest BCUT2D eigenvalue weighted by Gasteiger charge is 2.34. The Bertz CT molecular complexity index is 490. The van der Waals surface area contributed by atoms with Crippen LogP contribution in [-0.4, -0.2) is 30.1 Å². The van der Waals surface area contributed by atoms with Crippen molar-refractivity contribution in [1.82, 2.24) is 4.90 Å². The minimum atomic E-state index is 0.441. The third-order valence-corrected chi connectivity index (χ3v) is 3.98. The lowest BCUT2D eigenvalue weighted by molar-refractivity contribution is 0.326.